The lowest BCUT2D eigenvalue weighted by atomic mass is 9.48. The van der Waals surface area contributed by atoms with Gasteiger partial charge in [0.25, 0.3) is 0 Å². The third-order valence-electron chi connectivity index (χ3n) is 6.53. The van der Waals surface area contributed by atoms with Gasteiger partial charge in [-0.05, 0) is 92.9 Å². The third kappa shape index (κ3) is 2.68. The number of nitrogens with one attached hydrogen (secondary N) is 1. The van der Waals surface area contributed by atoms with E-state index in [-0.39, 0.29) is 11.5 Å². The van der Waals surface area contributed by atoms with Crippen LogP contribution in [0.15, 0.2) is 29.2 Å². The monoisotopic (exact) mass is 334 g/mol. The molecule has 0 aromatic heterocycles. The molecule has 126 valence electrons. The zero-order chi connectivity index (χ0) is 16.2. The van der Waals surface area contributed by atoms with E-state index in [2.05, 4.69) is 11.6 Å². The number of nitrogen functional groups attached to an aromatic ring is 1. The molecule has 4 fully saturated rings. The van der Waals surface area contributed by atoms with Gasteiger partial charge in [0.15, 0.2) is 0 Å². The van der Waals surface area contributed by atoms with Crippen LogP contribution in [0.5, 0.6) is 0 Å². The molecule has 0 heterocycles. The van der Waals surface area contributed by atoms with Gasteiger partial charge in [0.05, 0.1) is 4.90 Å². The Morgan fingerprint density at radius 2 is 1.52 bits per heavy atom. The lowest BCUT2D eigenvalue weighted by Gasteiger charge is -2.59. The molecular formula is C18H26N2O2S. The predicted molar refractivity (Wildman–Crippen MR) is 91.2 cm³/mol. The fourth-order valence-electron chi connectivity index (χ4n) is 5.78. The first kappa shape index (κ1) is 15.5. The number of nitrogens with two attached hydrogens (primary N) is 1. The Hall–Kier alpha value is -1.07. The van der Waals surface area contributed by atoms with Crippen LogP contribution in [-0.4, -0.2) is 14.5 Å². The highest BCUT2D eigenvalue weighted by Gasteiger charge is 2.53. The normalized spacial score (nSPS) is 37.0. The zero-order valence-corrected chi connectivity index (χ0v) is 14.5. The van der Waals surface area contributed by atoms with Gasteiger partial charge in [-0.1, -0.05) is 0 Å². The second-order valence-electron chi connectivity index (χ2n) is 8.19. The molecule has 4 bridgehead atoms. The molecule has 4 saturated carbocycles. The molecule has 1 atom stereocenters. The summed E-state index contributed by atoms with van der Waals surface area (Å²) in [5.74, 6) is 2.47. The quantitative estimate of drug-likeness (QED) is 0.831. The topological polar surface area (TPSA) is 72.2 Å². The molecule has 0 saturated heterocycles. The Kier molecular flexibility index (Phi) is 3.50. The summed E-state index contributed by atoms with van der Waals surface area (Å²) in [7, 11) is -3.48. The van der Waals surface area contributed by atoms with Crippen molar-refractivity contribution in [2.45, 2.75) is 56.4 Å². The first-order valence-corrected chi connectivity index (χ1v) is 10.2. The van der Waals surface area contributed by atoms with Gasteiger partial charge in [-0.25, -0.2) is 13.1 Å². The van der Waals surface area contributed by atoms with E-state index in [9.17, 15) is 8.42 Å². The molecule has 23 heavy (non-hydrogen) atoms. The molecule has 4 nitrogen and oxygen atoms in total. The summed E-state index contributed by atoms with van der Waals surface area (Å²) < 4.78 is 28.4. The zero-order valence-electron chi connectivity index (χ0n) is 13.7. The number of hydrogen-bond donors (Lipinski definition) is 2. The van der Waals surface area contributed by atoms with Crippen molar-refractivity contribution in [1.29, 1.82) is 0 Å². The fourth-order valence-corrected chi connectivity index (χ4v) is 7.13. The van der Waals surface area contributed by atoms with E-state index < -0.39 is 10.0 Å². The minimum atomic E-state index is -3.48. The van der Waals surface area contributed by atoms with Crippen molar-refractivity contribution in [2.24, 2.45) is 23.2 Å². The molecule has 4 aliphatic carbocycles. The maximum atomic E-state index is 12.7. The molecule has 5 heteroatoms. The Morgan fingerprint density at radius 1 is 1.04 bits per heavy atom. The van der Waals surface area contributed by atoms with Gasteiger partial charge in [-0.15, -0.1) is 0 Å². The van der Waals surface area contributed by atoms with E-state index in [1.54, 1.807) is 24.3 Å². The van der Waals surface area contributed by atoms with Crippen LogP contribution in [0.4, 0.5) is 5.69 Å². The van der Waals surface area contributed by atoms with Crippen LogP contribution in [-0.2, 0) is 10.0 Å². The Labute approximate surface area is 138 Å². The number of sulfonamides is 1. The van der Waals surface area contributed by atoms with Crippen molar-refractivity contribution in [2.75, 3.05) is 5.73 Å². The third-order valence-corrected chi connectivity index (χ3v) is 8.08. The number of hydrogen-bond acceptors (Lipinski definition) is 3. The molecule has 0 aliphatic heterocycles. The van der Waals surface area contributed by atoms with E-state index in [0.717, 1.165) is 17.8 Å². The smallest absolute Gasteiger partial charge is 0.240 e. The van der Waals surface area contributed by atoms with Crippen LogP contribution in [0, 0.1) is 23.2 Å². The highest BCUT2D eigenvalue weighted by atomic mass is 32.2. The lowest BCUT2D eigenvalue weighted by molar-refractivity contribution is -0.0666. The van der Waals surface area contributed by atoms with Crippen LogP contribution >= 0.6 is 0 Å². The minimum Gasteiger partial charge on any atom is -0.399 e. The van der Waals surface area contributed by atoms with Crippen molar-refractivity contribution in [1.82, 2.24) is 4.72 Å². The molecule has 0 spiro atoms. The molecule has 1 aromatic rings. The minimum absolute atomic E-state index is 0.00143. The van der Waals surface area contributed by atoms with Crippen molar-refractivity contribution in [3.05, 3.63) is 24.3 Å². The predicted octanol–water partition coefficient (Wildman–Crippen LogP) is 3.15. The summed E-state index contributed by atoms with van der Waals surface area (Å²) in [6.07, 6.45) is 7.71. The molecule has 0 amide bonds. The lowest BCUT2D eigenvalue weighted by Crippen LogP contribution is -2.55. The average Bonchev–Trinajstić information content (AvgIpc) is 2.45. The number of benzene rings is 1. The summed E-state index contributed by atoms with van der Waals surface area (Å²) in [5, 5.41) is 0. The summed E-state index contributed by atoms with van der Waals surface area (Å²) in [6, 6.07) is 6.46. The standard InChI is InChI=1S/C18H26N2O2S/c1-12(20-23(21,22)17-4-2-16(19)3-5-17)18-9-13-6-14(10-18)8-15(7-13)11-18/h2-5,12-15,20H,6-11,19H2,1H3/t12-,13?,14?,15?,18?/m1/s1. The molecule has 0 unspecified atom stereocenters. The van der Waals surface area contributed by atoms with Gasteiger partial charge in [-0.2, -0.15) is 0 Å². The summed E-state index contributed by atoms with van der Waals surface area (Å²) in [5.41, 5.74) is 6.42. The van der Waals surface area contributed by atoms with Gasteiger partial charge in [0, 0.05) is 11.7 Å². The van der Waals surface area contributed by atoms with Crippen molar-refractivity contribution in [3.8, 4) is 0 Å². The second-order valence-corrected chi connectivity index (χ2v) is 9.91. The van der Waals surface area contributed by atoms with Crippen molar-refractivity contribution < 1.29 is 8.42 Å². The van der Waals surface area contributed by atoms with Crippen molar-refractivity contribution >= 4 is 15.7 Å². The van der Waals surface area contributed by atoms with E-state index in [4.69, 9.17) is 5.73 Å². The molecule has 5 rings (SSSR count). The van der Waals surface area contributed by atoms with E-state index in [0.29, 0.717) is 10.6 Å². The summed E-state index contributed by atoms with van der Waals surface area (Å²) in [6.45, 7) is 2.07. The van der Waals surface area contributed by atoms with Crippen LogP contribution in [0.1, 0.15) is 45.4 Å². The number of rotatable bonds is 4. The van der Waals surface area contributed by atoms with Gasteiger partial charge in [0.1, 0.15) is 0 Å². The van der Waals surface area contributed by atoms with Gasteiger partial charge in [-0.3, -0.25) is 0 Å². The molecule has 0 radical (unpaired) electrons. The van der Waals surface area contributed by atoms with E-state index in [1.807, 2.05) is 0 Å². The fraction of sp³-hybridized carbons (Fsp3) is 0.667. The van der Waals surface area contributed by atoms with E-state index >= 15 is 0 Å². The number of anilines is 1. The van der Waals surface area contributed by atoms with Crippen molar-refractivity contribution in [3.63, 3.8) is 0 Å². The van der Waals surface area contributed by atoms with Crippen LogP contribution in [0.2, 0.25) is 0 Å². The Morgan fingerprint density at radius 3 is 2.00 bits per heavy atom. The maximum Gasteiger partial charge on any atom is 0.240 e. The first-order chi connectivity index (χ1) is 10.9. The molecular weight excluding hydrogens is 308 g/mol. The Bertz CT molecular complexity index is 661. The first-order valence-electron chi connectivity index (χ1n) is 8.74. The summed E-state index contributed by atoms with van der Waals surface area (Å²) >= 11 is 0. The van der Waals surface area contributed by atoms with Gasteiger partial charge < -0.3 is 5.73 Å². The van der Waals surface area contributed by atoms with Gasteiger partial charge in [0.2, 0.25) is 10.0 Å². The van der Waals surface area contributed by atoms with Gasteiger partial charge >= 0.3 is 0 Å². The summed E-state index contributed by atoms with van der Waals surface area (Å²) in [4.78, 5) is 0.309. The molecule has 3 N–H and O–H groups in total. The van der Waals surface area contributed by atoms with Crippen LogP contribution in [0.3, 0.4) is 0 Å². The maximum absolute atomic E-state index is 12.7. The Balaban J connectivity index is 1.55. The van der Waals surface area contributed by atoms with E-state index in [1.165, 1.54) is 38.5 Å². The van der Waals surface area contributed by atoms with Crippen LogP contribution in [0.25, 0.3) is 0 Å². The van der Waals surface area contributed by atoms with Crippen LogP contribution < -0.4 is 10.5 Å². The molecule has 1 aromatic carbocycles. The largest absolute Gasteiger partial charge is 0.399 e. The SMILES string of the molecule is C[C@@H](NS(=O)(=O)c1ccc(N)cc1)C12CC3CC(CC(C3)C1)C2. The second kappa shape index (κ2) is 5.21. The average molecular weight is 334 g/mol. The highest BCUT2D eigenvalue weighted by Crippen LogP contribution is 2.61. The molecule has 4 aliphatic rings. The highest BCUT2D eigenvalue weighted by molar-refractivity contribution is 7.89.